The Morgan fingerprint density at radius 2 is 0.479 bits per heavy atom. The van der Waals surface area contributed by atoms with E-state index in [1.165, 1.54) is 199 Å². The molecule has 0 aliphatic heterocycles. The van der Waals surface area contributed by atoms with Crippen LogP contribution in [0.25, 0.3) is 0 Å². The molecular weight excluding hydrogens is 1260 g/mol. The van der Waals surface area contributed by atoms with Crippen molar-refractivity contribution < 1.29 is 80.2 Å². The normalized spacial score (nSPS) is 14.1. The molecular formula is C77H150O17P2. The number of carbonyl (C=O) groups excluding carboxylic acids is 4. The second-order valence-corrected chi connectivity index (χ2v) is 32.1. The summed E-state index contributed by atoms with van der Waals surface area (Å²) in [6.07, 6.45) is 54.5. The molecule has 96 heavy (non-hydrogen) atoms. The third kappa shape index (κ3) is 70.5. The van der Waals surface area contributed by atoms with Crippen LogP contribution in [0.1, 0.15) is 395 Å². The van der Waals surface area contributed by atoms with Gasteiger partial charge in [0.15, 0.2) is 12.2 Å². The Balaban J connectivity index is 5.20. The summed E-state index contributed by atoms with van der Waals surface area (Å²) in [4.78, 5) is 72.7. The van der Waals surface area contributed by atoms with Crippen molar-refractivity contribution in [1.29, 1.82) is 0 Å². The summed E-state index contributed by atoms with van der Waals surface area (Å²) in [7, 11) is -9.91. The first-order valence-electron chi connectivity index (χ1n) is 39.8. The van der Waals surface area contributed by atoms with Crippen molar-refractivity contribution in [2.45, 2.75) is 414 Å². The van der Waals surface area contributed by atoms with Gasteiger partial charge < -0.3 is 33.8 Å². The first-order chi connectivity index (χ1) is 46.2. The Labute approximate surface area is 588 Å². The fraction of sp³-hybridized carbons (Fsp3) is 0.948. The van der Waals surface area contributed by atoms with Crippen LogP contribution in [0.15, 0.2) is 0 Å². The smallest absolute Gasteiger partial charge is 0.462 e. The summed E-state index contributed by atoms with van der Waals surface area (Å²) in [5, 5.41) is 10.6. The minimum Gasteiger partial charge on any atom is -0.462 e. The average molecular weight is 1410 g/mol. The van der Waals surface area contributed by atoms with Crippen molar-refractivity contribution in [3.05, 3.63) is 0 Å². The van der Waals surface area contributed by atoms with Crippen LogP contribution in [0.5, 0.6) is 0 Å². The predicted molar refractivity (Wildman–Crippen MR) is 391 cm³/mol. The number of aliphatic hydroxyl groups is 1. The van der Waals surface area contributed by atoms with Gasteiger partial charge in [0.05, 0.1) is 26.4 Å². The van der Waals surface area contributed by atoms with Crippen LogP contribution in [0.4, 0.5) is 0 Å². The molecule has 0 fully saturated rings. The highest BCUT2D eigenvalue weighted by atomic mass is 31.2. The molecule has 5 atom stereocenters. The Kier molecular flexibility index (Phi) is 66.2. The van der Waals surface area contributed by atoms with Crippen LogP contribution >= 0.6 is 15.6 Å². The number of ether oxygens (including phenoxy) is 4. The number of carbonyl (C=O) groups is 4. The van der Waals surface area contributed by atoms with E-state index < -0.39 is 97.5 Å². The van der Waals surface area contributed by atoms with Gasteiger partial charge in [-0.25, -0.2) is 9.13 Å². The van der Waals surface area contributed by atoms with E-state index in [0.717, 1.165) is 102 Å². The highest BCUT2D eigenvalue weighted by molar-refractivity contribution is 7.47. The summed E-state index contributed by atoms with van der Waals surface area (Å²) in [5.41, 5.74) is 0. The molecule has 0 aromatic rings. The van der Waals surface area contributed by atoms with Crippen molar-refractivity contribution in [2.75, 3.05) is 39.6 Å². The Bertz CT molecular complexity index is 1870. The van der Waals surface area contributed by atoms with E-state index in [0.29, 0.717) is 37.5 Å². The molecule has 0 amide bonds. The first kappa shape index (κ1) is 94.1. The van der Waals surface area contributed by atoms with Crippen LogP contribution in [0, 0.1) is 17.8 Å². The largest absolute Gasteiger partial charge is 0.472 e. The minimum atomic E-state index is -4.96. The quantitative estimate of drug-likeness (QED) is 0.0222. The summed E-state index contributed by atoms with van der Waals surface area (Å²) < 4.78 is 68.5. The fourth-order valence-corrected chi connectivity index (χ4v) is 13.4. The Morgan fingerprint density at radius 1 is 0.281 bits per heavy atom. The monoisotopic (exact) mass is 1410 g/mol. The van der Waals surface area contributed by atoms with E-state index in [1.807, 2.05) is 0 Å². The van der Waals surface area contributed by atoms with E-state index in [4.69, 9.17) is 37.0 Å². The number of hydrogen-bond acceptors (Lipinski definition) is 15. The van der Waals surface area contributed by atoms with E-state index in [1.54, 1.807) is 0 Å². The maximum absolute atomic E-state index is 13.1. The number of esters is 4. The molecule has 3 N–H and O–H groups in total. The predicted octanol–water partition coefficient (Wildman–Crippen LogP) is 22.6. The highest BCUT2D eigenvalue weighted by Crippen LogP contribution is 2.45. The van der Waals surface area contributed by atoms with Gasteiger partial charge in [-0.2, -0.15) is 0 Å². The molecule has 0 aliphatic carbocycles. The Morgan fingerprint density at radius 3 is 0.708 bits per heavy atom. The van der Waals surface area contributed by atoms with Crippen molar-refractivity contribution in [1.82, 2.24) is 0 Å². The van der Waals surface area contributed by atoms with E-state index in [2.05, 4.69) is 48.5 Å². The van der Waals surface area contributed by atoms with Crippen LogP contribution in [-0.4, -0.2) is 96.7 Å². The number of aliphatic hydroxyl groups excluding tert-OH is 1. The molecule has 570 valence electrons. The second-order valence-electron chi connectivity index (χ2n) is 29.2. The van der Waals surface area contributed by atoms with Crippen molar-refractivity contribution in [3.8, 4) is 0 Å². The molecule has 0 radical (unpaired) electrons. The van der Waals surface area contributed by atoms with Crippen LogP contribution in [0.2, 0.25) is 0 Å². The third-order valence-electron chi connectivity index (χ3n) is 17.9. The fourth-order valence-electron chi connectivity index (χ4n) is 11.8. The Hall–Kier alpha value is -1.94. The van der Waals surface area contributed by atoms with Gasteiger partial charge in [-0.3, -0.25) is 37.3 Å². The summed E-state index contributed by atoms with van der Waals surface area (Å²) in [5.74, 6) is 0.0522. The van der Waals surface area contributed by atoms with E-state index >= 15 is 0 Å². The molecule has 0 heterocycles. The van der Waals surface area contributed by atoms with Crippen LogP contribution in [-0.2, 0) is 65.4 Å². The van der Waals surface area contributed by atoms with Gasteiger partial charge in [-0.15, -0.1) is 0 Å². The lowest BCUT2D eigenvalue weighted by atomic mass is 10.0. The van der Waals surface area contributed by atoms with Gasteiger partial charge >= 0.3 is 39.5 Å². The lowest BCUT2D eigenvalue weighted by molar-refractivity contribution is -0.161. The van der Waals surface area contributed by atoms with Crippen molar-refractivity contribution in [3.63, 3.8) is 0 Å². The molecule has 0 saturated heterocycles. The maximum atomic E-state index is 13.1. The van der Waals surface area contributed by atoms with Crippen molar-refractivity contribution >= 4 is 39.5 Å². The summed E-state index contributed by atoms with van der Waals surface area (Å²) in [6.45, 7) is 11.8. The standard InChI is InChI=1S/C77H150O17P2/c1-8-9-10-11-12-13-14-15-16-17-18-19-20-21-26-29-32-37-46-53-60-76(81)93-72(64-87-74(79)58-51-44-36-31-28-25-23-22-24-27-30-34-41-48-55-68(2)3)66-91-95(83,84)89-62-71(78)63-90-96(85,86)92-67-73(65-88-75(80)59-52-45-40-39-43-50-57-70(6)7)94-77(82)61-54-47-38-33-35-42-49-56-69(4)5/h68-73,78H,8-67H2,1-7H3,(H,83,84)(H,85,86)/t71-,72-,73-/m1/s1. The number of phosphoric acid groups is 2. The molecule has 19 heteroatoms. The van der Waals surface area contributed by atoms with E-state index in [9.17, 15) is 43.2 Å². The summed E-state index contributed by atoms with van der Waals surface area (Å²) >= 11 is 0. The lowest BCUT2D eigenvalue weighted by Crippen LogP contribution is -2.30. The topological polar surface area (TPSA) is 237 Å². The van der Waals surface area contributed by atoms with Gasteiger partial charge in [-0.1, -0.05) is 344 Å². The number of phosphoric ester groups is 2. The SMILES string of the molecule is CCCCCCCCCCCCCCCCCCCCCCC(=O)O[C@H](COC(=O)CCCCCCCCCCCCCCCCC(C)C)COP(=O)(O)OC[C@@H](O)COP(=O)(O)OC[C@@H](COC(=O)CCCCCCCCC(C)C)OC(=O)CCCCCCCCCC(C)C. The summed E-state index contributed by atoms with van der Waals surface area (Å²) in [6, 6.07) is 0. The number of hydrogen-bond donors (Lipinski definition) is 3. The number of rotatable bonds is 75. The molecule has 17 nitrogen and oxygen atoms in total. The zero-order valence-electron chi connectivity index (χ0n) is 62.8. The van der Waals surface area contributed by atoms with Gasteiger partial charge in [-0.05, 0) is 43.4 Å². The molecule has 0 bridgehead atoms. The van der Waals surface area contributed by atoms with E-state index in [-0.39, 0.29) is 25.7 Å². The van der Waals surface area contributed by atoms with Crippen molar-refractivity contribution in [2.24, 2.45) is 17.8 Å². The molecule has 0 saturated carbocycles. The van der Waals surface area contributed by atoms with Crippen LogP contribution in [0.3, 0.4) is 0 Å². The maximum Gasteiger partial charge on any atom is 0.472 e. The second kappa shape index (κ2) is 67.5. The zero-order chi connectivity index (χ0) is 70.9. The molecule has 0 aromatic carbocycles. The van der Waals surface area contributed by atoms with Gasteiger partial charge in [0, 0.05) is 25.7 Å². The molecule has 0 rings (SSSR count). The molecule has 2 unspecified atom stereocenters. The van der Waals surface area contributed by atoms with Gasteiger partial charge in [0.25, 0.3) is 0 Å². The zero-order valence-corrected chi connectivity index (χ0v) is 64.6. The first-order valence-corrected chi connectivity index (χ1v) is 42.8. The van der Waals surface area contributed by atoms with Crippen LogP contribution < -0.4 is 0 Å². The third-order valence-corrected chi connectivity index (χ3v) is 19.8. The highest BCUT2D eigenvalue weighted by Gasteiger charge is 2.30. The lowest BCUT2D eigenvalue weighted by Gasteiger charge is -2.21. The molecule has 0 spiro atoms. The van der Waals surface area contributed by atoms with Gasteiger partial charge in [0.2, 0.25) is 0 Å². The average Bonchev–Trinajstić information content (AvgIpc) is 1.36. The van der Waals surface area contributed by atoms with Gasteiger partial charge in [0.1, 0.15) is 19.3 Å². The number of unbranched alkanes of at least 4 members (excludes halogenated alkanes) is 43. The molecule has 0 aromatic heterocycles. The molecule has 0 aliphatic rings. The minimum absolute atomic E-state index is 0.102.